The van der Waals surface area contributed by atoms with E-state index in [4.69, 9.17) is 18.4 Å². The summed E-state index contributed by atoms with van der Waals surface area (Å²) in [5.74, 6) is 0.445. The monoisotopic (exact) mass is 385 g/mol. The van der Waals surface area contributed by atoms with Gasteiger partial charge >= 0.3 is 11.9 Å². The van der Waals surface area contributed by atoms with E-state index in [2.05, 4.69) is 9.89 Å². The van der Waals surface area contributed by atoms with Gasteiger partial charge in [0.25, 0.3) is 0 Å². The number of nitrogens with zero attached hydrogens (tertiary/aromatic N) is 1. The molecule has 8 nitrogen and oxygen atoms in total. The highest BCUT2D eigenvalue weighted by Gasteiger charge is 2.14. The van der Waals surface area contributed by atoms with Crippen LogP contribution in [0.5, 0.6) is 5.75 Å². The number of hydrogen-bond acceptors (Lipinski definition) is 8. The van der Waals surface area contributed by atoms with Crippen molar-refractivity contribution in [3.05, 3.63) is 70.5 Å². The number of ether oxygens (including phenoxy) is 3. The van der Waals surface area contributed by atoms with Crippen molar-refractivity contribution in [3.8, 4) is 5.75 Å². The van der Waals surface area contributed by atoms with Crippen molar-refractivity contribution in [2.24, 2.45) is 0 Å². The maximum absolute atomic E-state index is 12.3. The predicted octanol–water partition coefficient (Wildman–Crippen LogP) is 3.61. The van der Waals surface area contributed by atoms with Crippen LogP contribution >= 0.6 is 0 Å². The molecule has 0 aliphatic rings. The number of carbonyl (C=O) groups is 2. The van der Waals surface area contributed by atoms with Crippen LogP contribution in [0.15, 0.2) is 45.3 Å². The quantitative estimate of drug-likeness (QED) is 0.569. The minimum absolute atomic E-state index is 0.0447. The zero-order chi connectivity index (χ0) is 20.1. The standard InChI is InChI=1S/C20H19NO7/c1-12-17(13(2)28-21-12)11-25-15-6-4-5-14(9-15)19(22)26-10-16-7-8-18(27-16)20(23)24-3/h4-9H,10-11H2,1-3H3. The van der Waals surface area contributed by atoms with Gasteiger partial charge in [-0.15, -0.1) is 0 Å². The molecule has 0 atom stereocenters. The van der Waals surface area contributed by atoms with Crippen LogP contribution in [0, 0.1) is 13.8 Å². The molecule has 3 aromatic rings. The third kappa shape index (κ3) is 4.40. The zero-order valence-corrected chi connectivity index (χ0v) is 15.7. The number of aromatic nitrogens is 1. The molecular formula is C20H19NO7. The fraction of sp³-hybridized carbons (Fsp3) is 0.250. The summed E-state index contributed by atoms with van der Waals surface area (Å²) in [4.78, 5) is 23.6. The first-order chi connectivity index (χ1) is 13.5. The van der Waals surface area contributed by atoms with Crippen LogP contribution in [0.25, 0.3) is 0 Å². The average Bonchev–Trinajstić information content (AvgIpc) is 3.31. The lowest BCUT2D eigenvalue weighted by Crippen LogP contribution is -2.06. The number of esters is 2. The number of aryl methyl sites for hydroxylation is 2. The minimum Gasteiger partial charge on any atom is -0.489 e. The molecule has 0 aliphatic heterocycles. The predicted molar refractivity (Wildman–Crippen MR) is 95.9 cm³/mol. The Morgan fingerprint density at radius 1 is 1.07 bits per heavy atom. The number of benzene rings is 1. The second-order valence-corrected chi connectivity index (χ2v) is 5.95. The highest BCUT2D eigenvalue weighted by atomic mass is 16.6. The second kappa shape index (κ2) is 8.43. The fourth-order valence-corrected chi connectivity index (χ4v) is 2.46. The smallest absolute Gasteiger partial charge is 0.373 e. The maximum Gasteiger partial charge on any atom is 0.373 e. The SMILES string of the molecule is COC(=O)c1ccc(COC(=O)c2cccc(OCc3c(C)noc3C)c2)o1. The molecule has 8 heteroatoms. The van der Waals surface area contributed by atoms with Crippen molar-refractivity contribution in [3.63, 3.8) is 0 Å². The number of rotatable bonds is 7. The molecule has 1 aromatic carbocycles. The van der Waals surface area contributed by atoms with Crippen molar-refractivity contribution < 1.29 is 32.7 Å². The summed E-state index contributed by atoms with van der Waals surface area (Å²) in [5, 5.41) is 3.88. The van der Waals surface area contributed by atoms with Gasteiger partial charge < -0.3 is 23.2 Å². The molecule has 0 unspecified atom stereocenters. The molecule has 0 N–H and O–H groups in total. The molecule has 0 bridgehead atoms. The molecule has 0 aliphatic carbocycles. The largest absolute Gasteiger partial charge is 0.489 e. The van der Waals surface area contributed by atoms with Gasteiger partial charge in [-0.2, -0.15) is 0 Å². The Morgan fingerprint density at radius 3 is 2.61 bits per heavy atom. The van der Waals surface area contributed by atoms with Gasteiger partial charge in [0.15, 0.2) is 0 Å². The van der Waals surface area contributed by atoms with E-state index >= 15 is 0 Å². The second-order valence-electron chi connectivity index (χ2n) is 5.95. The highest BCUT2D eigenvalue weighted by molar-refractivity contribution is 5.89. The summed E-state index contributed by atoms with van der Waals surface area (Å²) >= 11 is 0. The van der Waals surface area contributed by atoms with Crippen molar-refractivity contribution in [2.75, 3.05) is 7.11 Å². The molecule has 2 aromatic heterocycles. The normalized spacial score (nSPS) is 10.5. The van der Waals surface area contributed by atoms with Crippen LogP contribution in [0.4, 0.5) is 0 Å². The highest BCUT2D eigenvalue weighted by Crippen LogP contribution is 2.19. The summed E-state index contributed by atoms with van der Waals surface area (Å²) in [6, 6.07) is 9.64. The average molecular weight is 385 g/mol. The Morgan fingerprint density at radius 2 is 1.89 bits per heavy atom. The van der Waals surface area contributed by atoms with E-state index in [0.717, 1.165) is 11.3 Å². The van der Waals surface area contributed by atoms with Crippen LogP contribution in [-0.2, 0) is 22.7 Å². The third-order valence-electron chi connectivity index (χ3n) is 4.03. The first kappa shape index (κ1) is 19.2. The zero-order valence-electron chi connectivity index (χ0n) is 15.7. The number of hydrogen-bond donors (Lipinski definition) is 0. The van der Waals surface area contributed by atoms with Crippen molar-refractivity contribution >= 4 is 11.9 Å². The van der Waals surface area contributed by atoms with E-state index in [-0.39, 0.29) is 19.0 Å². The lowest BCUT2D eigenvalue weighted by Gasteiger charge is -2.08. The van der Waals surface area contributed by atoms with E-state index in [0.29, 0.717) is 22.8 Å². The van der Waals surface area contributed by atoms with Crippen molar-refractivity contribution in [1.29, 1.82) is 0 Å². The molecule has 0 saturated carbocycles. The van der Waals surface area contributed by atoms with Crippen LogP contribution < -0.4 is 4.74 Å². The number of methoxy groups -OCH3 is 1. The van der Waals surface area contributed by atoms with Crippen molar-refractivity contribution in [2.45, 2.75) is 27.1 Å². The molecule has 2 heterocycles. The first-order valence-corrected chi connectivity index (χ1v) is 8.46. The third-order valence-corrected chi connectivity index (χ3v) is 4.03. The van der Waals surface area contributed by atoms with Gasteiger partial charge in [0.05, 0.1) is 23.9 Å². The number of carbonyl (C=O) groups excluding carboxylic acids is 2. The Bertz CT molecular complexity index is 967. The molecule has 3 rings (SSSR count). The molecule has 146 valence electrons. The summed E-state index contributed by atoms with van der Waals surface area (Å²) in [6.45, 7) is 3.82. The topological polar surface area (TPSA) is 101 Å². The Kier molecular flexibility index (Phi) is 5.78. The van der Waals surface area contributed by atoms with Gasteiger partial charge in [0, 0.05) is 0 Å². The van der Waals surface area contributed by atoms with E-state index in [1.165, 1.54) is 13.2 Å². The lowest BCUT2D eigenvalue weighted by molar-refractivity contribution is 0.0438. The van der Waals surface area contributed by atoms with Gasteiger partial charge in [-0.3, -0.25) is 0 Å². The summed E-state index contributed by atoms with van der Waals surface area (Å²) in [5.41, 5.74) is 1.96. The summed E-state index contributed by atoms with van der Waals surface area (Å²) in [6.07, 6.45) is 0. The van der Waals surface area contributed by atoms with Gasteiger partial charge in [0.1, 0.15) is 30.5 Å². The van der Waals surface area contributed by atoms with Gasteiger partial charge in [-0.1, -0.05) is 11.2 Å². The minimum atomic E-state index is -0.597. The molecular weight excluding hydrogens is 366 g/mol. The van der Waals surface area contributed by atoms with Crippen LogP contribution in [0.2, 0.25) is 0 Å². The van der Waals surface area contributed by atoms with Crippen LogP contribution in [0.1, 0.15) is 43.7 Å². The Balaban J connectivity index is 1.59. The van der Waals surface area contributed by atoms with E-state index in [1.807, 2.05) is 13.8 Å². The first-order valence-electron chi connectivity index (χ1n) is 8.46. The molecule has 28 heavy (non-hydrogen) atoms. The molecule has 0 amide bonds. The number of furan rings is 1. The maximum atomic E-state index is 12.3. The molecule has 0 saturated heterocycles. The van der Waals surface area contributed by atoms with E-state index in [1.54, 1.807) is 30.3 Å². The Labute approximate surface area is 161 Å². The van der Waals surface area contributed by atoms with Gasteiger partial charge in [-0.25, -0.2) is 9.59 Å². The molecule has 0 fully saturated rings. The van der Waals surface area contributed by atoms with Crippen LogP contribution in [-0.4, -0.2) is 24.2 Å². The molecule has 0 radical (unpaired) electrons. The Hall–Kier alpha value is -3.55. The van der Waals surface area contributed by atoms with Crippen LogP contribution in [0.3, 0.4) is 0 Å². The molecule has 0 spiro atoms. The summed E-state index contributed by atoms with van der Waals surface area (Å²) in [7, 11) is 1.26. The summed E-state index contributed by atoms with van der Waals surface area (Å²) < 4.78 is 25.9. The van der Waals surface area contributed by atoms with E-state index in [9.17, 15) is 9.59 Å². The lowest BCUT2D eigenvalue weighted by atomic mass is 10.2. The van der Waals surface area contributed by atoms with Gasteiger partial charge in [-0.05, 0) is 44.2 Å². The fourth-order valence-electron chi connectivity index (χ4n) is 2.46. The van der Waals surface area contributed by atoms with Crippen molar-refractivity contribution in [1.82, 2.24) is 5.16 Å². The van der Waals surface area contributed by atoms with Gasteiger partial charge in [0.2, 0.25) is 5.76 Å². The van der Waals surface area contributed by atoms with E-state index < -0.39 is 11.9 Å².